The van der Waals surface area contributed by atoms with E-state index in [0.717, 1.165) is 27.8 Å². The van der Waals surface area contributed by atoms with Gasteiger partial charge in [0.05, 0.1) is 5.52 Å². The van der Waals surface area contributed by atoms with Gasteiger partial charge >= 0.3 is 0 Å². The van der Waals surface area contributed by atoms with Crippen molar-refractivity contribution in [3.8, 4) is 0 Å². The van der Waals surface area contributed by atoms with Crippen molar-refractivity contribution in [2.45, 2.75) is 6.92 Å². The van der Waals surface area contributed by atoms with Crippen LogP contribution < -0.4 is 16.4 Å². The van der Waals surface area contributed by atoms with Crippen molar-refractivity contribution in [3.63, 3.8) is 0 Å². The van der Waals surface area contributed by atoms with Crippen molar-refractivity contribution in [2.75, 3.05) is 16.4 Å². The lowest BCUT2D eigenvalue weighted by atomic mass is 10.2. The van der Waals surface area contributed by atoms with Crippen LogP contribution in [0.2, 0.25) is 5.02 Å². The van der Waals surface area contributed by atoms with Crippen LogP contribution >= 0.6 is 11.6 Å². The second-order valence-corrected chi connectivity index (χ2v) is 6.43. The largest absolute Gasteiger partial charge is 0.393 e. The summed E-state index contributed by atoms with van der Waals surface area (Å²) in [5, 5.41) is 8.18. The number of hydrogen-bond acceptors (Lipinski definition) is 6. The van der Waals surface area contributed by atoms with Gasteiger partial charge < -0.3 is 16.4 Å². The van der Waals surface area contributed by atoms with Crippen molar-refractivity contribution >= 4 is 51.2 Å². The number of hydrogen-bond donors (Lipinski definition) is 3. The number of halogens is 1. The normalized spacial score (nSPS) is 10.7. The molecule has 0 saturated heterocycles. The molecule has 0 saturated carbocycles. The molecule has 0 amide bonds. The molecule has 6 nitrogen and oxygen atoms in total. The highest BCUT2D eigenvalue weighted by atomic mass is 35.5. The maximum absolute atomic E-state index is 6.31. The molecule has 2 heterocycles. The van der Waals surface area contributed by atoms with E-state index < -0.39 is 0 Å². The molecular formula is C20H17ClN6. The second kappa shape index (κ2) is 7.09. The van der Waals surface area contributed by atoms with Crippen LogP contribution in [0, 0.1) is 6.92 Å². The first-order chi connectivity index (χ1) is 13.1. The number of benzene rings is 2. The minimum absolute atomic E-state index is 0.415. The highest BCUT2D eigenvalue weighted by molar-refractivity contribution is 6.31. The third kappa shape index (κ3) is 3.35. The molecule has 4 N–H and O–H groups in total. The molecule has 0 aliphatic rings. The Hall–Kier alpha value is -3.38. The monoisotopic (exact) mass is 376 g/mol. The number of fused-ring (bicyclic) bond motifs is 1. The summed E-state index contributed by atoms with van der Waals surface area (Å²) < 4.78 is 0. The fraction of sp³-hybridized carbons (Fsp3) is 0.0500. The van der Waals surface area contributed by atoms with Gasteiger partial charge in [-0.2, -0.15) is 0 Å². The minimum Gasteiger partial charge on any atom is -0.393 e. The molecule has 0 fully saturated rings. The Kier molecular flexibility index (Phi) is 4.48. The summed E-state index contributed by atoms with van der Waals surface area (Å²) in [7, 11) is 0. The van der Waals surface area contributed by atoms with E-state index in [-0.39, 0.29) is 0 Å². The zero-order chi connectivity index (χ0) is 18.8. The van der Waals surface area contributed by atoms with Gasteiger partial charge in [-0.15, -0.1) is 0 Å². The number of aromatic nitrogens is 3. The van der Waals surface area contributed by atoms with Gasteiger partial charge in [-0.25, -0.2) is 9.97 Å². The maximum Gasteiger partial charge on any atom is 0.159 e. The molecule has 0 spiro atoms. The Labute approximate surface area is 161 Å². The van der Waals surface area contributed by atoms with E-state index >= 15 is 0 Å². The number of nitrogen functional groups attached to an aromatic ring is 1. The van der Waals surface area contributed by atoms with Gasteiger partial charge in [-0.3, -0.25) is 4.98 Å². The molecule has 4 rings (SSSR count). The molecule has 0 bridgehead atoms. The summed E-state index contributed by atoms with van der Waals surface area (Å²) in [5.41, 5.74) is 10.3. The third-order valence-corrected chi connectivity index (χ3v) is 4.71. The third-order valence-electron chi connectivity index (χ3n) is 4.30. The summed E-state index contributed by atoms with van der Waals surface area (Å²) in [6.07, 6.45) is 3.23. The first-order valence-electron chi connectivity index (χ1n) is 8.37. The Morgan fingerprint density at radius 1 is 0.852 bits per heavy atom. The van der Waals surface area contributed by atoms with E-state index in [1.807, 2.05) is 55.5 Å². The fourth-order valence-corrected chi connectivity index (χ4v) is 2.98. The second-order valence-electron chi connectivity index (χ2n) is 6.02. The predicted molar refractivity (Wildman–Crippen MR) is 111 cm³/mol. The average Bonchev–Trinajstić information content (AvgIpc) is 2.69. The van der Waals surface area contributed by atoms with Gasteiger partial charge in [-0.05, 0) is 48.9 Å². The molecule has 2 aromatic heterocycles. The summed E-state index contributed by atoms with van der Waals surface area (Å²) in [4.78, 5) is 12.9. The number of pyridine rings is 1. The number of nitrogens with one attached hydrogen (secondary N) is 2. The molecule has 2 aromatic carbocycles. The van der Waals surface area contributed by atoms with Crippen LogP contribution in [-0.2, 0) is 0 Å². The van der Waals surface area contributed by atoms with Crippen LogP contribution in [-0.4, -0.2) is 15.0 Å². The quantitative estimate of drug-likeness (QED) is 0.461. The fourth-order valence-electron chi connectivity index (χ4n) is 2.81. The number of nitrogens with two attached hydrogens (primary N) is 1. The SMILES string of the molecule is Cc1c(Cl)cccc1Nc1ncnc(Nc2cccc3ncccc23)c1N. The molecule has 4 aromatic rings. The van der Waals surface area contributed by atoms with E-state index in [2.05, 4.69) is 25.6 Å². The Bertz CT molecular complexity index is 1120. The molecule has 0 unspecified atom stereocenters. The van der Waals surface area contributed by atoms with Crippen molar-refractivity contribution in [1.82, 2.24) is 15.0 Å². The zero-order valence-corrected chi connectivity index (χ0v) is 15.3. The molecule has 0 radical (unpaired) electrons. The van der Waals surface area contributed by atoms with E-state index in [9.17, 15) is 0 Å². The molecule has 134 valence electrons. The smallest absolute Gasteiger partial charge is 0.159 e. The van der Waals surface area contributed by atoms with Gasteiger partial charge in [0, 0.05) is 28.0 Å². The summed E-state index contributed by atoms with van der Waals surface area (Å²) in [6, 6.07) is 15.4. The molecule has 0 aliphatic carbocycles. The van der Waals surface area contributed by atoms with Crippen LogP contribution in [0.3, 0.4) is 0 Å². The van der Waals surface area contributed by atoms with Crippen LogP contribution in [0.4, 0.5) is 28.7 Å². The van der Waals surface area contributed by atoms with Gasteiger partial charge in [-0.1, -0.05) is 23.7 Å². The molecule has 7 heteroatoms. The summed E-state index contributed by atoms with van der Waals surface area (Å²) >= 11 is 6.19. The van der Waals surface area contributed by atoms with Gasteiger partial charge in [0.15, 0.2) is 11.6 Å². The topological polar surface area (TPSA) is 88.8 Å². The van der Waals surface area contributed by atoms with Gasteiger partial charge in [0.2, 0.25) is 0 Å². The van der Waals surface area contributed by atoms with E-state index in [4.69, 9.17) is 17.3 Å². The summed E-state index contributed by atoms with van der Waals surface area (Å²) in [5.74, 6) is 1.03. The summed E-state index contributed by atoms with van der Waals surface area (Å²) in [6.45, 7) is 1.93. The van der Waals surface area contributed by atoms with Crippen LogP contribution in [0.5, 0.6) is 0 Å². The minimum atomic E-state index is 0.415. The first kappa shape index (κ1) is 17.1. The Morgan fingerprint density at radius 3 is 2.37 bits per heavy atom. The molecule has 27 heavy (non-hydrogen) atoms. The Morgan fingerprint density at radius 2 is 1.56 bits per heavy atom. The Balaban J connectivity index is 1.69. The van der Waals surface area contributed by atoms with E-state index in [1.165, 1.54) is 6.33 Å². The molecule has 0 aliphatic heterocycles. The van der Waals surface area contributed by atoms with Crippen LogP contribution in [0.1, 0.15) is 5.56 Å². The van der Waals surface area contributed by atoms with Crippen LogP contribution in [0.15, 0.2) is 61.1 Å². The number of anilines is 5. The molecule has 0 atom stereocenters. The lowest BCUT2D eigenvalue weighted by Crippen LogP contribution is -2.06. The molecular weight excluding hydrogens is 360 g/mol. The maximum atomic E-state index is 6.31. The van der Waals surface area contributed by atoms with Crippen molar-refractivity contribution < 1.29 is 0 Å². The first-order valence-corrected chi connectivity index (χ1v) is 8.74. The van der Waals surface area contributed by atoms with Crippen LogP contribution in [0.25, 0.3) is 10.9 Å². The van der Waals surface area contributed by atoms with Crippen molar-refractivity contribution in [2.24, 2.45) is 0 Å². The number of nitrogens with zero attached hydrogens (tertiary/aromatic N) is 3. The average molecular weight is 377 g/mol. The highest BCUT2D eigenvalue weighted by Crippen LogP contribution is 2.32. The zero-order valence-electron chi connectivity index (χ0n) is 14.6. The van der Waals surface area contributed by atoms with E-state index in [1.54, 1.807) is 6.20 Å². The highest BCUT2D eigenvalue weighted by Gasteiger charge is 2.12. The van der Waals surface area contributed by atoms with Crippen molar-refractivity contribution in [1.29, 1.82) is 0 Å². The van der Waals surface area contributed by atoms with Crippen molar-refractivity contribution in [3.05, 3.63) is 71.6 Å². The van der Waals surface area contributed by atoms with Gasteiger partial charge in [0.25, 0.3) is 0 Å². The standard InChI is InChI=1S/C20H17ClN6/c1-12-14(21)6-2-7-15(12)26-19-18(22)20(25-11-24-19)27-17-9-3-8-16-13(17)5-4-10-23-16/h2-11H,22H2,1H3,(H2,24,25,26,27). The lowest BCUT2D eigenvalue weighted by molar-refractivity contribution is 1.17. The predicted octanol–water partition coefficient (Wildman–Crippen LogP) is 5.06. The van der Waals surface area contributed by atoms with E-state index in [0.29, 0.717) is 22.3 Å². The lowest BCUT2D eigenvalue weighted by Gasteiger charge is -2.15. The van der Waals surface area contributed by atoms with Gasteiger partial charge in [0.1, 0.15) is 12.0 Å². The number of rotatable bonds is 4.